The van der Waals surface area contributed by atoms with E-state index in [1.165, 1.54) is 0 Å². The lowest BCUT2D eigenvalue weighted by Gasteiger charge is -2.08. The van der Waals surface area contributed by atoms with Crippen LogP contribution in [-0.2, 0) is 0 Å². The van der Waals surface area contributed by atoms with Gasteiger partial charge in [-0.2, -0.15) is 0 Å². The molecule has 0 unspecified atom stereocenters. The van der Waals surface area contributed by atoms with E-state index in [2.05, 4.69) is 46.4 Å². The minimum Gasteiger partial charge on any atom is -0.355 e. The highest BCUT2D eigenvalue weighted by Crippen LogP contribution is 2.22. The average Bonchev–Trinajstić information content (AvgIpc) is 2.26. The van der Waals surface area contributed by atoms with Crippen molar-refractivity contribution in [1.82, 2.24) is 0 Å². The second-order valence-corrected chi connectivity index (χ2v) is 4.01. The van der Waals surface area contributed by atoms with Crippen LogP contribution < -0.4 is 5.32 Å². The lowest BCUT2D eigenvalue weighted by atomic mass is 10.3. The first-order chi connectivity index (χ1) is 7.27. The summed E-state index contributed by atoms with van der Waals surface area (Å²) in [6.45, 7) is 4.15. The topological polar surface area (TPSA) is 12.0 Å². The molecule has 80 valence electrons. The molecule has 0 aliphatic heterocycles. The summed E-state index contributed by atoms with van der Waals surface area (Å²) in [7, 11) is 0. The van der Waals surface area contributed by atoms with Crippen LogP contribution in [0.15, 0.2) is 52.7 Å². The van der Waals surface area contributed by atoms with Gasteiger partial charge in [0.1, 0.15) is 0 Å². The second-order valence-electron chi connectivity index (χ2n) is 3.16. The van der Waals surface area contributed by atoms with Gasteiger partial charge < -0.3 is 5.32 Å². The van der Waals surface area contributed by atoms with Crippen molar-refractivity contribution in [3.8, 4) is 0 Å². The van der Waals surface area contributed by atoms with Gasteiger partial charge in [-0.3, -0.25) is 0 Å². The highest BCUT2D eigenvalue weighted by molar-refractivity contribution is 9.10. The van der Waals surface area contributed by atoms with E-state index in [9.17, 15) is 0 Å². The summed E-state index contributed by atoms with van der Waals surface area (Å²) in [4.78, 5) is 0. The van der Waals surface area contributed by atoms with Crippen LogP contribution in [0.3, 0.4) is 0 Å². The van der Waals surface area contributed by atoms with E-state index >= 15 is 0 Å². The van der Waals surface area contributed by atoms with Gasteiger partial charge in [0, 0.05) is 10.2 Å². The molecule has 2 heteroatoms. The van der Waals surface area contributed by atoms with E-state index in [0.717, 1.165) is 22.3 Å². The molecular weight excluding hydrogens is 250 g/mol. The fourth-order valence-corrected chi connectivity index (χ4v) is 1.56. The lowest BCUT2D eigenvalue weighted by molar-refractivity contribution is 1.22. The van der Waals surface area contributed by atoms with E-state index in [1.54, 1.807) is 0 Å². The van der Waals surface area contributed by atoms with Gasteiger partial charge >= 0.3 is 0 Å². The molecule has 0 amide bonds. The molecule has 1 aromatic carbocycles. The number of hydrogen-bond acceptors (Lipinski definition) is 1. The van der Waals surface area contributed by atoms with Crippen LogP contribution in [0.5, 0.6) is 0 Å². The maximum atomic E-state index is 3.51. The molecule has 0 radical (unpaired) electrons. The van der Waals surface area contributed by atoms with E-state index in [4.69, 9.17) is 0 Å². The number of benzene rings is 1. The van der Waals surface area contributed by atoms with Gasteiger partial charge in [-0.25, -0.2) is 0 Å². The Hall–Kier alpha value is -1.02. The quantitative estimate of drug-likeness (QED) is 0.777. The maximum absolute atomic E-state index is 3.51. The van der Waals surface area contributed by atoms with Crippen LogP contribution in [0.1, 0.15) is 20.3 Å². The molecule has 1 rings (SSSR count). The molecule has 0 saturated heterocycles. The molecular formula is C13H16BrN. The molecule has 0 spiro atoms. The number of halogens is 1. The van der Waals surface area contributed by atoms with E-state index in [0.29, 0.717) is 0 Å². The minimum absolute atomic E-state index is 1.05. The van der Waals surface area contributed by atoms with Gasteiger partial charge in [0.2, 0.25) is 0 Å². The Morgan fingerprint density at radius 1 is 1.40 bits per heavy atom. The van der Waals surface area contributed by atoms with Gasteiger partial charge in [-0.05, 0) is 47.5 Å². The zero-order chi connectivity index (χ0) is 11.1. The third-order valence-corrected chi connectivity index (χ3v) is 2.69. The van der Waals surface area contributed by atoms with E-state index in [1.807, 2.05) is 31.2 Å². The normalized spacial score (nSPS) is 12.1. The Balaban J connectivity index is 2.76. The summed E-state index contributed by atoms with van der Waals surface area (Å²) in [6, 6.07) is 8.10. The van der Waals surface area contributed by atoms with Crippen molar-refractivity contribution in [2.45, 2.75) is 20.3 Å². The first-order valence-electron chi connectivity index (χ1n) is 5.12. The van der Waals surface area contributed by atoms with Crippen LogP contribution in [0.25, 0.3) is 0 Å². The van der Waals surface area contributed by atoms with Crippen molar-refractivity contribution in [2.75, 3.05) is 5.32 Å². The molecule has 15 heavy (non-hydrogen) atoms. The third kappa shape index (κ3) is 3.92. The molecule has 0 saturated carbocycles. The number of rotatable bonds is 4. The number of anilines is 1. The van der Waals surface area contributed by atoms with Crippen molar-refractivity contribution in [1.29, 1.82) is 0 Å². The summed E-state index contributed by atoms with van der Waals surface area (Å²) in [5.74, 6) is 0. The largest absolute Gasteiger partial charge is 0.355 e. The SMILES string of the molecule is C/C=C(\C=C/CC)Nc1ccccc1Br. The smallest absolute Gasteiger partial charge is 0.0528 e. The molecule has 1 N–H and O–H groups in total. The minimum atomic E-state index is 1.05. The van der Waals surface area contributed by atoms with Crippen molar-refractivity contribution in [2.24, 2.45) is 0 Å². The maximum Gasteiger partial charge on any atom is 0.0528 e. The summed E-state index contributed by atoms with van der Waals surface area (Å²) < 4.78 is 1.08. The second kappa shape index (κ2) is 6.46. The number of nitrogens with one attached hydrogen (secondary N) is 1. The molecule has 0 aromatic heterocycles. The summed E-state index contributed by atoms with van der Waals surface area (Å²) in [5, 5.41) is 3.36. The zero-order valence-electron chi connectivity index (χ0n) is 9.13. The van der Waals surface area contributed by atoms with Gasteiger partial charge in [-0.1, -0.05) is 31.2 Å². The van der Waals surface area contributed by atoms with Crippen molar-refractivity contribution >= 4 is 21.6 Å². The average molecular weight is 266 g/mol. The Morgan fingerprint density at radius 2 is 2.13 bits per heavy atom. The molecule has 0 aliphatic carbocycles. The summed E-state index contributed by atoms with van der Waals surface area (Å²) in [6.07, 6.45) is 7.35. The lowest BCUT2D eigenvalue weighted by Crippen LogP contribution is -1.96. The first-order valence-corrected chi connectivity index (χ1v) is 5.91. The van der Waals surface area contributed by atoms with Gasteiger partial charge in [0.15, 0.2) is 0 Å². The van der Waals surface area contributed by atoms with Crippen molar-refractivity contribution in [3.63, 3.8) is 0 Å². The van der Waals surface area contributed by atoms with Crippen LogP contribution in [0, 0.1) is 0 Å². The zero-order valence-corrected chi connectivity index (χ0v) is 10.7. The predicted molar refractivity (Wildman–Crippen MR) is 71.0 cm³/mol. The highest BCUT2D eigenvalue weighted by atomic mass is 79.9. The van der Waals surface area contributed by atoms with Crippen LogP contribution in [0.2, 0.25) is 0 Å². The van der Waals surface area contributed by atoms with Crippen LogP contribution in [-0.4, -0.2) is 0 Å². The summed E-state index contributed by atoms with van der Waals surface area (Å²) in [5.41, 5.74) is 2.20. The number of hydrogen-bond donors (Lipinski definition) is 1. The molecule has 1 nitrogen and oxygen atoms in total. The van der Waals surface area contributed by atoms with Gasteiger partial charge in [0.25, 0.3) is 0 Å². The molecule has 0 atom stereocenters. The van der Waals surface area contributed by atoms with Crippen molar-refractivity contribution in [3.05, 3.63) is 52.7 Å². The molecule has 0 bridgehead atoms. The Labute approximate surface area is 100 Å². The van der Waals surface area contributed by atoms with Gasteiger partial charge in [-0.15, -0.1) is 0 Å². The molecule has 1 aromatic rings. The van der Waals surface area contributed by atoms with Gasteiger partial charge in [0.05, 0.1) is 5.69 Å². The monoisotopic (exact) mass is 265 g/mol. The number of para-hydroxylation sites is 1. The first kappa shape index (κ1) is 12.1. The Morgan fingerprint density at radius 3 is 2.73 bits per heavy atom. The standard InChI is InChI=1S/C13H16BrN/c1-3-5-8-11(4-2)15-13-10-7-6-9-12(13)14/h4-10,15H,3H2,1-2H3/b8-5-,11-4+. The number of allylic oxidation sites excluding steroid dienone is 3. The molecule has 0 heterocycles. The van der Waals surface area contributed by atoms with Crippen LogP contribution in [0.4, 0.5) is 5.69 Å². The van der Waals surface area contributed by atoms with Crippen LogP contribution >= 0.6 is 15.9 Å². The fourth-order valence-electron chi connectivity index (χ4n) is 1.17. The molecule has 0 aliphatic rings. The fraction of sp³-hybridized carbons (Fsp3) is 0.231. The highest BCUT2D eigenvalue weighted by Gasteiger charge is 1.97. The van der Waals surface area contributed by atoms with Crippen molar-refractivity contribution < 1.29 is 0 Å². The van der Waals surface area contributed by atoms with E-state index in [-0.39, 0.29) is 0 Å². The molecule has 0 fully saturated rings. The Kier molecular flexibility index (Phi) is 5.19. The summed E-state index contributed by atoms with van der Waals surface area (Å²) >= 11 is 3.51. The third-order valence-electron chi connectivity index (χ3n) is 2.00. The predicted octanol–water partition coefficient (Wildman–Crippen LogP) is 4.73. The Bertz CT molecular complexity index is 367. The van der Waals surface area contributed by atoms with E-state index < -0.39 is 0 Å².